The number of amides is 1. The van der Waals surface area contributed by atoms with Crippen LogP contribution in [0.25, 0.3) is 0 Å². The van der Waals surface area contributed by atoms with Gasteiger partial charge in [-0.3, -0.25) is 4.79 Å². The first kappa shape index (κ1) is 12.9. The van der Waals surface area contributed by atoms with E-state index in [0.29, 0.717) is 19.8 Å². The zero-order chi connectivity index (χ0) is 13.4. The number of halogens is 1. The highest BCUT2D eigenvalue weighted by molar-refractivity contribution is 9.10. The molecule has 1 saturated heterocycles. The first-order valence-corrected chi connectivity index (χ1v) is 7.30. The van der Waals surface area contributed by atoms with Crippen molar-refractivity contribution in [2.45, 2.75) is 19.4 Å². The van der Waals surface area contributed by atoms with E-state index in [1.807, 2.05) is 30.0 Å². The lowest BCUT2D eigenvalue weighted by atomic mass is 10.1. The molecule has 1 aromatic carbocycles. The summed E-state index contributed by atoms with van der Waals surface area (Å²) in [6, 6.07) is 5.77. The molecule has 0 aromatic heterocycles. The van der Waals surface area contributed by atoms with Gasteiger partial charge in [0, 0.05) is 11.1 Å². The number of ether oxygens (including phenoxy) is 2. The van der Waals surface area contributed by atoms with E-state index in [1.165, 1.54) is 0 Å². The van der Waals surface area contributed by atoms with E-state index in [0.717, 1.165) is 22.3 Å². The Bertz CT molecular complexity index is 499. The van der Waals surface area contributed by atoms with Crippen LogP contribution in [0.3, 0.4) is 0 Å². The molecule has 102 valence electrons. The standard InChI is InChI=1S/C14H16BrNO3/c1-9-7-16(14(17)10-4-5-18-8-10)12-6-11(15)2-3-13(12)19-9/h2-3,6,9-10H,4-5,7-8H2,1H3/t9-,10-/m1/s1. The summed E-state index contributed by atoms with van der Waals surface area (Å²) in [5, 5.41) is 0. The van der Waals surface area contributed by atoms with Gasteiger partial charge < -0.3 is 14.4 Å². The normalized spacial score (nSPS) is 25.9. The molecule has 0 bridgehead atoms. The largest absolute Gasteiger partial charge is 0.487 e. The molecule has 2 atom stereocenters. The molecule has 0 N–H and O–H groups in total. The summed E-state index contributed by atoms with van der Waals surface area (Å²) in [5.74, 6) is 0.901. The van der Waals surface area contributed by atoms with Gasteiger partial charge in [0.05, 0.1) is 24.8 Å². The Morgan fingerprint density at radius 2 is 2.32 bits per heavy atom. The van der Waals surface area contributed by atoms with E-state index < -0.39 is 0 Å². The molecule has 0 radical (unpaired) electrons. The van der Waals surface area contributed by atoms with Crippen molar-refractivity contribution >= 4 is 27.5 Å². The minimum absolute atomic E-state index is 0.0138. The summed E-state index contributed by atoms with van der Waals surface area (Å²) < 4.78 is 12.1. The number of carbonyl (C=O) groups excluding carboxylic acids is 1. The van der Waals surface area contributed by atoms with Crippen molar-refractivity contribution in [1.29, 1.82) is 0 Å². The Morgan fingerprint density at radius 3 is 3.05 bits per heavy atom. The monoisotopic (exact) mass is 325 g/mol. The molecular weight excluding hydrogens is 310 g/mol. The molecule has 3 rings (SSSR count). The fourth-order valence-electron chi connectivity index (χ4n) is 2.57. The number of carbonyl (C=O) groups is 1. The molecule has 2 aliphatic heterocycles. The molecule has 19 heavy (non-hydrogen) atoms. The van der Waals surface area contributed by atoms with Crippen LogP contribution in [0.1, 0.15) is 13.3 Å². The van der Waals surface area contributed by atoms with Gasteiger partial charge in [-0.05, 0) is 31.5 Å². The molecule has 1 amide bonds. The van der Waals surface area contributed by atoms with Crippen molar-refractivity contribution in [3.05, 3.63) is 22.7 Å². The van der Waals surface area contributed by atoms with E-state index >= 15 is 0 Å². The van der Waals surface area contributed by atoms with E-state index in [9.17, 15) is 4.79 Å². The third kappa shape index (κ3) is 2.49. The fourth-order valence-corrected chi connectivity index (χ4v) is 2.92. The lowest BCUT2D eigenvalue weighted by molar-refractivity contribution is -0.122. The van der Waals surface area contributed by atoms with Gasteiger partial charge in [0.15, 0.2) is 0 Å². The van der Waals surface area contributed by atoms with Crippen molar-refractivity contribution in [1.82, 2.24) is 0 Å². The molecule has 0 saturated carbocycles. The second kappa shape index (κ2) is 5.13. The lowest BCUT2D eigenvalue weighted by Crippen LogP contribution is -2.45. The molecule has 2 heterocycles. The number of hydrogen-bond donors (Lipinski definition) is 0. The minimum Gasteiger partial charge on any atom is -0.487 e. The van der Waals surface area contributed by atoms with E-state index in [4.69, 9.17) is 9.47 Å². The quantitative estimate of drug-likeness (QED) is 0.796. The van der Waals surface area contributed by atoms with Crippen LogP contribution in [0.2, 0.25) is 0 Å². The average molecular weight is 326 g/mol. The first-order chi connectivity index (χ1) is 9.15. The average Bonchev–Trinajstić information content (AvgIpc) is 2.91. The molecular formula is C14H16BrNO3. The van der Waals surface area contributed by atoms with Crippen LogP contribution in [-0.2, 0) is 9.53 Å². The molecule has 1 aromatic rings. The van der Waals surface area contributed by atoms with Crippen LogP contribution in [0.5, 0.6) is 5.75 Å². The van der Waals surface area contributed by atoms with Crippen molar-refractivity contribution in [3.8, 4) is 5.75 Å². The summed E-state index contributed by atoms with van der Waals surface area (Å²) in [6.07, 6.45) is 0.827. The zero-order valence-electron chi connectivity index (χ0n) is 10.8. The third-order valence-electron chi connectivity index (χ3n) is 3.52. The predicted molar refractivity (Wildman–Crippen MR) is 75.5 cm³/mol. The highest BCUT2D eigenvalue weighted by Crippen LogP contribution is 2.37. The Labute approximate surface area is 120 Å². The van der Waals surface area contributed by atoms with E-state index in [2.05, 4.69) is 15.9 Å². The van der Waals surface area contributed by atoms with Crippen LogP contribution in [-0.4, -0.2) is 31.8 Å². The Morgan fingerprint density at radius 1 is 1.47 bits per heavy atom. The molecule has 5 heteroatoms. The van der Waals surface area contributed by atoms with Crippen molar-refractivity contribution in [3.63, 3.8) is 0 Å². The van der Waals surface area contributed by atoms with Crippen LogP contribution in [0, 0.1) is 5.92 Å². The van der Waals surface area contributed by atoms with Gasteiger partial charge in [-0.25, -0.2) is 0 Å². The topological polar surface area (TPSA) is 38.8 Å². The molecule has 0 unspecified atom stereocenters. The summed E-state index contributed by atoms with van der Waals surface area (Å²) in [6.45, 7) is 3.80. The molecule has 0 aliphatic carbocycles. The lowest BCUT2D eigenvalue weighted by Gasteiger charge is -2.34. The van der Waals surface area contributed by atoms with Crippen LogP contribution >= 0.6 is 15.9 Å². The Hall–Kier alpha value is -1.07. The smallest absolute Gasteiger partial charge is 0.232 e. The van der Waals surface area contributed by atoms with Crippen molar-refractivity contribution in [2.24, 2.45) is 5.92 Å². The molecule has 2 aliphatic rings. The van der Waals surface area contributed by atoms with Crippen molar-refractivity contribution in [2.75, 3.05) is 24.7 Å². The van der Waals surface area contributed by atoms with Gasteiger partial charge in [-0.2, -0.15) is 0 Å². The maximum Gasteiger partial charge on any atom is 0.232 e. The van der Waals surface area contributed by atoms with E-state index in [-0.39, 0.29) is 17.9 Å². The fraction of sp³-hybridized carbons (Fsp3) is 0.500. The molecule has 1 fully saturated rings. The molecule has 0 spiro atoms. The number of benzene rings is 1. The van der Waals surface area contributed by atoms with Gasteiger partial charge in [0.2, 0.25) is 5.91 Å². The summed E-state index contributed by atoms with van der Waals surface area (Å²) in [4.78, 5) is 14.4. The van der Waals surface area contributed by atoms with Gasteiger partial charge in [0.1, 0.15) is 11.9 Å². The maximum atomic E-state index is 12.6. The number of hydrogen-bond acceptors (Lipinski definition) is 3. The molecule has 4 nitrogen and oxygen atoms in total. The van der Waals surface area contributed by atoms with Crippen LogP contribution in [0.15, 0.2) is 22.7 Å². The predicted octanol–water partition coefficient (Wildman–Crippen LogP) is 2.60. The van der Waals surface area contributed by atoms with Crippen LogP contribution < -0.4 is 9.64 Å². The van der Waals surface area contributed by atoms with Gasteiger partial charge >= 0.3 is 0 Å². The number of anilines is 1. The third-order valence-corrected chi connectivity index (χ3v) is 4.02. The minimum atomic E-state index is -0.0165. The highest BCUT2D eigenvalue weighted by atomic mass is 79.9. The highest BCUT2D eigenvalue weighted by Gasteiger charge is 2.33. The SMILES string of the molecule is C[C@@H]1CN(C(=O)[C@@H]2CCOC2)c2cc(Br)ccc2O1. The summed E-state index contributed by atoms with van der Waals surface area (Å²) in [7, 11) is 0. The number of rotatable bonds is 1. The Balaban J connectivity index is 1.93. The van der Waals surface area contributed by atoms with Crippen molar-refractivity contribution < 1.29 is 14.3 Å². The van der Waals surface area contributed by atoms with Gasteiger partial charge in [0.25, 0.3) is 0 Å². The van der Waals surface area contributed by atoms with E-state index in [1.54, 1.807) is 0 Å². The second-order valence-corrected chi connectivity index (χ2v) is 5.97. The summed E-state index contributed by atoms with van der Waals surface area (Å²) >= 11 is 3.45. The second-order valence-electron chi connectivity index (χ2n) is 5.05. The van der Waals surface area contributed by atoms with Gasteiger partial charge in [-0.1, -0.05) is 15.9 Å². The van der Waals surface area contributed by atoms with Crippen LogP contribution in [0.4, 0.5) is 5.69 Å². The first-order valence-electron chi connectivity index (χ1n) is 6.50. The maximum absolute atomic E-state index is 12.6. The number of nitrogens with zero attached hydrogens (tertiary/aromatic N) is 1. The summed E-state index contributed by atoms with van der Waals surface area (Å²) in [5.41, 5.74) is 0.851. The Kier molecular flexibility index (Phi) is 3.50. The number of fused-ring (bicyclic) bond motifs is 1. The van der Waals surface area contributed by atoms with Gasteiger partial charge in [-0.15, -0.1) is 0 Å². The zero-order valence-corrected chi connectivity index (χ0v) is 12.4.